The number of likely N-dealkylation sites (tertiary alicyclic amines) is 1. The number of nitrogens with zero attached hydrogens (tertiary/aromatic N) is 4. The number of hydrogen-bond donors (Lipinski definition) is 0. The highest BCUT2D eigenvalue weighted by molar-refractivity contribution is 6.38. The highest BCUT2D eigenvalue weighted by Crippen LogP contribution is 2.31. The fraction of sp³-hybridized carbons (Fsp3) is 0.381. The van der Waals surface area contributed by atoms with Crippen LogP contribution in [-0.2, 0) is 0 Å². The van der Waals surface area contributed by atoms with E-state index in [2.05, 4.69) is 17.0 Å². The molecular formula is C21H23ClN4O2. The molecule has 0 unspecified atom stereocenters. The first-order chi connectivity index (χ1) is 13.5. The maximum absolute atomic E-state index is 13.0. The molecule has 1 aliphatic rings. The number of hydrogen-bond acceptors (Lipinski definition) is 4. The van der Waals surface area contributed by atoms with Crippen LogP contribution in [0.3, 0.4) is 0 Å². The molecule has 7 heteroatoms. The van der Waals surface area contributed by atoms with Gasteiger partial charge in [0.25, 0.3) is 5.91 Å². The number of benzene rings is 1. The molecule has 0 saturated carbocycles. The Morgan fingerprint density at radius 1 is 1.21 bits per heavy atom. The van der Waals surface area contributed by atoms with Gasteiger partial charge in [-0.05, 0) is 49.9 Å². The second-order valence-electron chi connectivity index (χ2n) is 7.35. The number of ether oxygens (including phenoxy) is 1. The zero-order valence-electron chi connectivity index (χ0n) is 16.3. The predicted octanol–water partition coefficient (Wildman–Crippen LogP) is 4.26. The van der Waals surface area contributed by atoms with Crippen LogP contribution in [0.15, 0.2) is 30.5 Å². The number of piperidine rings is 1. The van der Waals surface area contributed by atoms with Gasteiger partial charge in [-0.2, -0.15) is 5.10 Å². The summed E-state index contributed by atoms with van der Waals surface area (Å²) in [5.41, 5.74) is 2.68. The van der Waals surface area contributed by atoms with Gasteiger partial charge in [0.05, 0.1) is 34.5 Å². The number of carbonyl (C=O) groups is 1. The molecule has 1 aliphatic heterocycles. The van der Waals surface area contributed by atoms with Crippen molar-refractivity contribution < 1.29 is 9.53 Å². The molecule has 3 aromatic rings. The van der Waals surface area contributed by atoms with Gasteiger partial charge in [-0.1, -0.05) is 18.5 Å². The molecule has 1 aromatic carbocycles. The summed E-state index contributed by atoms with van der Waals surface area (Å²) in [6.45, 7) is 5.63. The molecule has 0 radical (unpaired) electrons. The van der Waals surface area contributed by atoms with Gasteiger partial charge >= 0.3 is 0 Å². The van der Waals surface area contributed by atoms with E-state index in [-0.39, 0.29) is 5.91 Å². The molecule has 4 rings (SSSR count). The monoisotopic (exact) mass is 398 g/mol. The molecule has 1 amide bonds. The van der Waals surface area contributed by atoms with E-state index in [1.54, 1.807) is 18.0 Å². The van der Waals surface area contributed by atoms with Crippen molar-refractivity contribution in [1.82, 2.24) is 19.7 Å². The van der Waals surface area contributed by atoms with Crippen molar-refractivity contribution in [3.05, 3.63) is 46.7 Å². The van der Waals surface area contributed by atoms with E-state index in [4.69, 9.17) is 16.3 Å². The standard InChI is InChI=1S/C21H23ClN4O2/c1-13-8-10-25(11-9-13)21(27)17-12-23-20-18(19(17)22)14(2)24-26(20)15-4-6-16(28-3)7-5-15/h4-7,12-13H,8-11H2,1-3H3. The van der Waals surface area contributed by atoms with Crippen LogP contribution in [0.5, 0.6) is 5.75 Å². The minimum atomic E-state index is -0.0529. The Morgan fingerprint density at radius 2 is 1.89 bits per heavy atom. The molecule has 2 aromatic heterocycles. The van der Waals surface area contributed by atoms with E-state index in [9.17, 15) is 4.79 Å². The van der Waals surface area contributed by atoms with Crippen molar-refractivity contribution in [3.63, 3.8) is 0 Å². The third-order valence-corrected chi connectivity index (χ3v) is 5.82. The summed E-state index contributed by atoms with van der Waals surface area (Å²) in [5, 5.41) is 5.74. The number of halogens is 1. The van der Waals surface area contributed by atoms with Crippen LogP contribution in [-0.4, -0.2) is 45.8 Å². The SMILES string of the molecule is COc1ccc(-n2nc(C)c3c(Cl)c(C(=O)N4CCC(C)CC4)cnc32)cc1. The van der Waals surface area contributed by atoms with Crippen LogP contribution in [0.25, 0.3) is 16.7 Å². The number of rotatable bonds is 3. The van der Waals surface area contributed by atoms with Gasteiger partial charge in [0.1, 0.15) is 5.75 Å². The van der Waals surface area contributed by atoms with Crippen molar-refractivity contribution in [2.75, 3.05) is 20.2 Å². The number of aromatic nitrogens is 3. The lowest BCUT2D eigenvalue weighted by molar-refractivity contribution is 0.0697. The molecule has 1 saturated heterocycles. The minimum absolute atomic E-state index is 0.0529. The number of fused-ring (bicyclic) bond motifs is 1. The molecule has 0 spiro atoms. The van der Waals surface area contributed by atoms with Gasteiger partial charge in [-0.15, -0.1) is 0 Å². The van der Waals surface area contributed by atoms with Crippen molar-refractivity contribution in [2.45, 2.75) is 26.7 Å². The Hall–Kier alpha value is -2.60. The lowest BCUT2D eigenvalue weighted by Gasteiger charge is -2.30. The van der Waals surface area contributed by atoms with Crippen LogP contribution < -0.4 is 4.74 Å². The first-order valence-electron chi connectivity index (χ1n) is 9.47. The zero-order chi connectivity index (χ0) is 19.8. The number of carbonyl (C=O) groups excluding carboxylic acids is 1. The molecule has 0 N–H and O–H groups in total. The van der Waals surface area contributed by atoms with Crippen LogP contribution in [0.4, 0.5) is 0 Å². The lowest BCUT2D eigenvalue weighted by Crippen LogP contribution is -2.38. The summed E-state index contributed by atoms with van der Waals surface area (Å²) in [7, 11) is 1.63. The van der Waals surface area contributed by atoms with Crippen LogP contribution in [0.1, 0.15) is 35.8 Å². The molecule has 146 valence electrons. The normalized spacial score (nSPS) is 15.2. The fourth-order valence-corrected chi connectivity index (χ4v) is 3.99. The van der Waals surface area contributed by atoms with E-state index in [0.717, 1.165) is 43.1 Å². The first-order valence-corrected chi connectivity index (χ1v) is 9.85. The van der Waals surface area contributed by atoms with Crippen LogP contribution in [0, 0.1) is 12.8 Å². The highest BCUT2D eigenvalue weighted by atomic mass is 35.5. The molecule has 0 bridgehead atoms. The second kappa shape index (κ2) is 7.43. The molecule has 3 heterocycles. The number of amides is 1. The molecule has 6 nitrogen and oxygen atoms in total. The summed E-state index contributed by atoms with van der Waals surface area (Å²) >= 11 is 6.68. The topological polar surface area (TPSA) is 60.3 Å². The quantitative estimate of drug-likeness (QED) is 0.661. The number of methoxy groups -OCH3 is 1. The lowest BCUT2D eigenvalue weighted by atomic mass is 9.98. The highest BCUT2D eigenvalue weighted by Gasteiger charge is 2.26. The Labute approximate surface area is 169 Å². The van der Waals surface area contributed by atoms with Gasteiger partial charge in [-0.3, -0.25) is 4.79 Å². The third kappa shape index (κ3) is 3.22. The van der Waals surface area contributed by atoms with E-state index in [0.29, 0.717) is 27.5 Å². The Morgan fingerprint density at radius 3 is 2.54 bits per heavy atom. The van der Waals surface area contributed by atoms with E-state index < -0.39 is 0 Å². The summed E-state index contributed by atoms with van der Waals surface area (Å²) in [4.78, 5) is 19.4. The van der Waals surface area contributed by atoms with E-state index in [1.807, 2.05) is 36.1 Å². The molecule has 1 fully saturated rings. The predicted molar refractivity (Wildman–Crippen MR) is 109 cm³/mol. The van der Waals surface area contributed by atoms with Crippen molar-refractivity contribution in [2.24, 2.45) is 5.92 Å². The average Bonchev–Trinajstić information content (AvgIpc) is 3.06. The molecule has 0 aliphatic carbocycles. The summed E-state index contributed by atoms with van der Waals surface area (Å²) in [5.74, 6) is 1.37. The third-order valence-electron chi connectivity index (χ3n) is 5.43. The Kier molecular flexibility index (Phi) is 4.98. The summed E-state index contributed by atoms with van der Waals surface area (Å²) in [6, 6.07) is 7.56. The first kappa shape index (κ1) is 18.7. The zero-order valence-corrected chi connectivity index (χ0v) is 17.0. The fourth-order valence-electron chi connectivity index (χ4n) is 3.64. The average molecular weight is 399 g/mol. The minimum Gasteiger partial charge on any atom is -0.497 e. The molecule has 28 heavy (non-hydrogen) atoms. The largest absolute Gasteiger partial charge is 0.497 e. The second-order valence-corrected chi connectivity index (χ2v) is 7.73. The Balaban J connectivity index is 1.73. The van der Waals surface area contributed by atoms with Gasteiger partial charge in [-0.25, -0.2) is 9.67 Å². The maximum Gasteiger partial charge on any atom is 0.256 e. The summed E-state index contributed by atoms with van der Waals surface area (Å²) in [6.07, 6.45) is 3.62. The van der Waals surface area contributed by atoms with Gasteiger partial charge in [0, 0.05) is 19.3 Å². The van der Waals surface area contributed by atoms with Gasteiger partial charge < -0.3 is 9.64 Å². The van der Waals surface area contributed by atoms with Crippen LogP contribution >= 0.6 is 11.6 Å². The van der Waals surface area contributed by atoms with E-state index >= 15 is 0 Å². The van der Waals surface area contributed by atoms with Gasteiger partial charge in [0.15, 0.2) is 5.65 Å². The van der Waals surface area contributed by atoms with Gasteiger partial charge in [0.2, 0.25) is 0 Å². The molecular weight excluding hydrogens is 376 g/mol. The smallest absolute Gasteiger partial charge is 0.256 e. The van der Waals surface area contributed by atoms with Crippen LogP contribution in [0.2, 0.25) is 5.02 Å². The molecule has 0 atom stereocenters. The summed E-state index contributed by atoms with van der Waals surface area (Å²) < 4.78 is 6.96. The number of aryl methyl sites for hydroxylation is 1. The van der Waals surface area contributed by atoms with E-state index in [1.165, 1.54) is 0 Å². The van der Waals surface area contributed by atoms with Crippen molar-refractivity contribution in [3.8, 4) is 11.4 Å². The number of pyridine rings is 1. The van der Waals surface area contributed by atoms with Crippen molar-refractivity contribution >= 4 is 28.5 Å². The Bertz CT molecular complexity index is 1020. The van der Waals surface area contributed by atoms with Crippen molar-refractivity contribution in [1.29, 1.82) is 0 Å². The maximum atomic E-state index is 13.0.